The van der Waals surface area contributed by atoms with Gasteiger partial charge in [-0.3, -0.25) is 4.72 Å². The predicted octanol–water partition coefficient (Wildman–Crippen LogP) is 3.07. The van der Waals surface area contributed by atoms with Crippen LogP contribution in [0.3, 0.4) is 0 Å². The van der Waals surface area contributed by atoms with Crippen LogP contribution in [0.15, 0.2) is 36.7 Å². The Hall–Kier alpha value is -2.15. The lowest BCUT2D eigenvalue weighted by atomic mass is 10.3. The van der Waals surface area contributed by atoms with Gasteiger partial charge in [0, 0.05) is 23.1 Å². The first-order valence-electron chi connectivity index (χ1n) is 7.15. The Labute approximate surface area is 131 Å². The van der Waals surface area contributed by atoms with Gasteiger partial charge in [-0.15, -0.1) is 0 Å². The summed E-state index contributed by atoms with van der Waals surface area (Å²) in [5.74, 6) is 0.841. The zero-order valence-electron chi connectivity index (χ0n) is 12.7. The molecular weight excluding hydrogens is 300 g/mol. The summed E-state index contributed by atoms with van der Waals surface area (Å²) in [4.78, 5) is 8.15. The Morgan fingerprint density at radius 1 is 1.09 bits per heavy atom. The fourth-order valence-corrected chi connectivity index (χ4v) is 3.12. The molecule has 0 fully saturated rings. The third-order valence-electron chi connectivity index (χ3n) is 3.00. The third kappa shape index (κ3) is 5.00. The normalized spacial score (nSPS) is 11.2. The van der Waals surface area contributed by atoms with Crippen molar-refractivity contribution < 1.29 is 8.42 Å². The molecule has 0 radical (unpaired) electrons. The van der Waals surface area contributed by atoms with E-state index < -0.39 is 10.0 Å². The fourth-order valence-electron chi connectivity index (χ4n) is 1.86. The molecule has 0 spiro atoms. The summed E-state index contributed by atoms with van der Waals surface area (Å²) in [5, 5.41) is 3.14. The number of nitrogens with zero attached hydrogens (tertiary/aromatic N) is 2. The molecule has 0 aliphatic heterocycles. The van der Waals surface area contributed by atoms with E-state index in [4.69, 9.17) is 0 Å². The second-order valence-electron chi connectivity index (χ2n) is 5.02. The summed E-state index contributed by atoms with van der Waals surface area (Å²) in [6.45, 7) is 3.85. The van der Waals surface area contributed by atoms with Gasteiger partial charge in [0.2, 0.25) is 10.0 Å². The molecule has 22 heavy (non-hydrogen) atoms. The quantitative estimate of drug-likeness (QED) is 0.819. The van der Waals surface area contributed by atoms with Crippen molar-refractivity contribution in [2.24, 2.45) is 0 Å². The molecule has 0 aliphatic rings. The van der Waals surface area contributed by atoms with E-state index in [1.54, 1.807) is 24.3 Å². The van der Waals surface area contributed by atoms with E-state index in [2.05, 4.69) is 20.0 Å². The second kappa shape index (κ2) is 7.22. The number of aromatic nitrogens is 2. The van der Waals surface area contributed by atoms with Crippen molar-refractivity contribution in [2.45, 2.75) is 26.7 Å². The van der Waals surface area contributed by atoms with Gasteiger partial charge in [-0.05, 0) is 37.6 Å². The van der Waals surface area contributed by atoms with Crippen LogP contribution in [0.2, 0.25) is 0 Å². The highest BCUT2D eigenvalue weighted by molar-refractivity contribution is 7.92. The van der Waals surface area contributed by atoms with E-state index in [-0.39, 0.29) is 5.75 Å². The van der Waals surface area contributed by atoms with Crippen LogP contribution in [0.5, 0.6) is 0 Å². The van der Waals surface area contributed by atoms with Gasteiger partial charge in [0.15, 0.2) is 0 Å². The van der Waals surface area contributed by atoms with Crippen LogP contribution in [0, 0.1) is 6.92 Å². The summed E-state index contributed by atoms with van der Waals surface area (Å²) >= 11 is 0. The van der Waals surface area contributed by atoms with Gasteiger partial charge in [-0.25, -0.2) is 18.4 Å². The van der Waals surface area contributed by atoms with E-state index in [9.17, 15) is 8.42 Å². The molecule has 2 rings (SSSR count). The van der Waals surface area contributed by atoms with Crippen LogP contribution in [-0.2, 0) is 10.0 Å². The SMILES string of the molecule is CCCCS(=O)(=O)Nc1ccc(Nc2cc(C)ncn2)cc1. The van der Waals surface area contributed by atoms with E-state index in [1.165, 1.54) is 6.33 Å². The Morgan fingerprint density at radius 3 is 2.41 bits per heavy atom. The summed E-state index contributed by atoms with van der Waals surface area (Å²) in [5.41, 5.74) is 2.26. The number of rotatable bonds is 7. The second-order valence-corrected chi connectivity index (χ2v) is 6.86. The summed E-state index contributed by atoms with van der Waals surface area (Å²) in [7, 11) is -3.27. The maximum atomic E-state index is 11.8. The first kappa shape index (κ1) is 16.2. The molecule has 0 atom stereocenters. The molecule has 2 aromatic rings. The number of nitrogens with one attached hydrogen (secondary N) is 2. The number of unbranched alkanes of at least 4 members (excludes halogenated alkanes) is 1. The molecule has 6 nitrogen and oxygen atoms in total. The molecule has 0 saturated heterocycles. The molecule has 1 heterocycles. The van der Waals surface area contributed by atoms with Crippen LogP contribution in [-0.4, -0.2) is 24.1 Å². The maximum Gasteiger partial charge on any atom is 0.232 e. The molecule has 0 unspecified atom stereocenters. The summed E-state index contributed by atoms with van der Waals surface area (Å²) in [6, 6.07) is 8.88. The molecule has 2 N–H and O–H groups in total. The highest BCUT2D eigenvalue weighted by Crippen LogP contribution is 2.18. The van der Waals surface area contributed by atoms with Gasteiger partial charge >= 0.3 is 0 Å². The van der Waals surface area contributed by atoms with E-state index >= 15 is 0 Å². The van der Waals surface area contributed by atoms with Crippen molar-refractivity contribution in [1.29, 1.82) is 0 Å². The molecule has 1 aromatic carbocycles. The topological polar surface area (TPSA) is 84.0 Å². The standard InChI is InChI=1S/C15H20N4O2S/c1-3-4-9-22(20,21)19-14-7-5-13(6-8-14)18-15-10-12(2)16-11-17-15/h5-8,10-11,19H,3-4,9H2,1-2H3,(H,16,17,18). The minimum atomic E-state index is -3.27. The minimum absolute atomic E-state index is 0.143. The molecule has 0 bridgehead atoms. The average molecular weight is 320 g/mol. The summed E-state index contributed by atoms with van der Waals surface area (Å²) in [6.07, 6.45) is 3.00. The smallest absolute Gasteiger partial charge is 0.232 e. The van der Waals surface area contributed by atoms with E-state index in [0.717, 1.165) is 17.8 Å². The summed E-state index contributed by atoms with van der Waals surface area (Å²) < 4.78 is 26.2. The van der Waals surface area contributed by atoms with Crippen LogP contribution in [0.25, 0.3) is 0 Å². The number of sulfonamides is 1. The average Bonchev–Trinajstić information content (AvgIpc) is 2.47. The molecule has 118 valence electrons. The monoisotopic (exact) mass is 320 g/mol. The van der Waals surface area contributed by atoms with Gasteiger partial charge in [-0.2, -0.15) is 0 Å². The Balaban J connectivity index is 2.01. The van der Waals surface area contributed by atoms with E-state index in [0.29, 0.717) is 17.9 Å². The van der Waals surface area contributed by atoms with Crippen LogP contribution < -0.4 is 10.0 Å². The van der Waals surface area contributed by atoms with Crippen molar-refractivity contribution in [3.8, 4) is 0 Å². The number of anilines is 3. The largest absolute Gasteiger partial charge is 0.340 e. The van der Waals surface area contributed by atoms with Crippen molar-refractivity contribution in [3.63, 3.8) is 0 Å². The molecule has 0 amide bonds. The third-order valence-corrected chi connectivity index (χ3v) is 4.37. The van der Waals surface area contributed by atoms with Gasteiger partial charge in [0.05, 0.1) is 5.75 Å². The molecule has 7 heteroatoms. The number of hydrogen-bond acceptors (Lipinski definition) is 5. The van der Waals surface area contributed by atoms with Gasteiger partial charge in [-0.1, -0.05) is 13.3 Å². The van der Waals surface area contributed by atoms with Crippen molar-refractivity contribution in [1.82, 2.24) is 9.97 Å². The fraction of sp³-hybridized carbons (Fsp3) is 0.333. The number of hydrogen-bond donors (Lipinski definition) is 2. The first-order valence-corrected chi connectivity index (χ1v) is 8.80. The lowest BCUT2D eigenvalue weighted by Gasteiger charge is -2.09. The Kier molecular flexibility index (Phi) is 5.32. The zero-order chi connectivity index (χ0) is 16.0. The Bertz CT molecular complexity index is 715. The highest BCUT2D eigenvalue weighted by atomic mass is 32.2. The zero-order valence-corrected chi connectivity index (χ0v) is 13.5. The number of benzene rings is 1. The van der Waals surface area contributed by atoms with Crippen molar-refractivity contribution >= 4 is 27.2 Å². The molecule has 1 aromatic heterocycles. The van der Waals surface area contributed by atoms with E-state index in [1.807, 2.05) is 19.9 Å². The van der Waals surface area contributed by atoms with Crippen molar-refractivity contribution in [3.05, 3.63) is 42.4 Å². The first-order chi connectivity index (χ1) is 10.5. The molecular formula is C15H20N4O2S. The Morgan fingerprint density at radius 2 is 1.77 bits per heavy atom. The predicted molar refractivity (Wildman–Crippen MR) is 88.8 cm³/mol. The van der Waals surface area contributed by atoms with Gasteiger partial charge in [0.25, 0.3) is 0 Å². The minimum Gasteiger partial charge on any atom is -0.340 e. The number of aryl methyl sites for hydroxylation is 1. The molecule has 0 saturated carbocycles. The van der Waals surface area contributed by atoms with Crippen LogP contribution in [0.4, 0.5) is 17.2 Å². The van der Waals surface area contributed by atoms with Crippen LogP contribution in [0.1, 0.15) is 25.5 Å². The lowest BCUT2D eigenvalue weighted by molar-refractivity contribution is 0.598. The van der Waals surface area contributed by atoms with Crippen molar-refractivity contribution in [2.75, 3.05) is 15.8 Å². The highest BCUT2D eigenvalue weighted by Gasteiger charge is 2.09. The lowest BCUT2D eigenvalue weighted by Crippen LogP contribution is -2.16. The van der Waals surface area contributed by atoms with Gasteiger partial charge in [0.1, 0.15) is 12.1 Å². The maximum absolute atomic E-state index is 11.8. The van der Waals surface area contributed by atoms with Gasteiger partial charge < -0.3 is 5.32 Å². The molecule has 0 aliphatic carbocycles. The van der Waals surface area contributed by atoms with Crippen LogP contribution >= 0.6 is 0 Å².